The van der Waals surface area contributed by atoms with Crippen LogP contribution < -0.4 is 4.90 Å². The zero-order valence-electron chi connectivity index (χ0n) is 24.3. The molecule has 1 amide bonds. The lowest BCUT2D eigenvalue weighted by Gasteiger charge is -2.34. The Hall–Kier alpha value is -4.57. The molecule has 0 bridgehead atoms. The molecule has 0 radical (unpaired) electrons. The summed E-state index contributed by atoms with van der Waals surface area (Å²) in [7, 11) is 0. The Morgan fingerprint density at radius 1 is 0.929 bits per heavy atom. The maximum Gasteiger partial charge on any atom is 0.300 e. The summed E-state index contributed by atoms with van der Waals surface area (Å²) in [5, 5.41) is 13.8. The first kappa shape index (κ1) is 27.6. The monoisotopic (exact) mass is 566 g/mol. The molecule has 1 aliphatic heterocycles. The number of rotatable bonds is 6. The molecular formula is C32H34N6O4. The first-order valence-electron chi connectivity index (χ1n) is 14.1. The minimum Gasteiger partial charge on any atom is -0.422 e. The third kappa shape index (κ3) is 5.75. The Morgan fingerprint density at radius 2 is 1.69 bits per heavy atom. The summed E-state index contributed by atoms with van der Waals surface area (Å²) in [6, 6.07) is 17.5. The van der Waals surface area contributed by atoms with E-state index in [0.717, 1.165) is 27.9 Å². The number of aromatic nitrogens is 4. The van der Waals surface area contributed by atoms with Crippen LogP contribution in [0.5, 0.6) is 0 Å². The number of nitrogens with zero attached hydrogens (tertiary/aromatic N) is 6. The van der Waals surface area contributed by atoms with Gasteiger partial charge in [0.15, 0.2) is 5.58 Å². The van der Waals surface area contributed by atoms with E-state index >= 15 is 0 Å². The van der Waals surface area contributed by atoms with Gasteiger partial charge in [0.1, 0.15) is 0 Å². The third-order valence-electron chi connectivity index (χ3n) is 7.32. The Bertz CT molecular complexity index is 1730. The molecule has 6 rings (SSSR count). The van der Waals surface area contributed by atoms with Gasteiger partial charge in [-0.05, 0) is 59.4 Å². The number of benzene rings is 2. The van der Waals surface area contributed by atoms with E-state index in [4.69, 9.17) is 8.94 Å². The molecule has 1 fully saturated rings. The second kappa shape index (κ2) is 11.0. The van der Waals surface area contributed by atoms with Crippen LogP contribution in [0.2, 0.25) is 0 Å². The minimum absolute atomic E-state index is 0.00343. The molecule has 0 spiro atoms. The highest BCUT2D eigenvalue weighted by Crippen LogP contribution is 2.33. The number of carbonyl (C=O) groups is 1. The Kier molecular flexibility index (Phi) is 7.24. The van der Waals surface area contributed by atoms with E-state index in [2.05, 4.69) is 40.9 Å². The zero-order valence-corrected chi connectivity index (χ0v) is 24.3. The highest BCUT2D eigenvalue weighted by atomic mass is 16.5. The molecule has 0 atom stereocenters. The highest BCUT2D eigenvalue weighted by molar-refractivity contribution is 5.97. The normalized spacial score (nSPS) is 14.1. The summed E-state index contributed by atoms with van der Waals surface area (Å²) < 4.78 is 11.5. The first-order chi connectivity index (χ1) is 20.2. The van der Waals surface area contributed by atoms with Gasteiger partial charge in [-0.15, -0.1) is 0 Å². The van der Waals surface area contributed by atoms with E-state index in [1.165, 1.54) is 0 Å². The fourth-order valence-electron chi connectivity index (χ4n) is 5.11. The van der Waals surface area contributed by atoms with E-state index in [1.54, 1.807) is 0 Å². The number of hydrogen-bond donors (Lipinski definition) is 1. The molecule has 1 aliphatic rings. The molecule has 10 heteroatoms. The number of oxazole rings is 1. The van der Waals surface area contributed by atoms with Gasteiger partial charge >= 0.3 is 0 Å². The number of piperazine rings is 1. The van der Waals surface area contributed by atoms with Gasteiger partial charge in [-0.2, -0.15) is 9.97 Å². The van der Waals surface area contributed by atoms with Crippen LogP contribution in [0.3, 0.4) is 0 Å². The lowest BCUT2D eigenvalue weighted by molar-refractivity contribution is 0.0745. The van der Waals surface area contributed by atoms with Crippen LogP contribution in [0.15, 0.2) is 63.5 Å². The number of amides is 1. The van der Waals surface area contributed by atoms with Gasteiger partial charge in [-0.1, -0.05) is 50.2 Å². The average molecular weight is 567 g/mol. The average Bonchev–Trinajstić information content (AvgIpc) is 3.62. The van der Waals surface area contributed by atoms with Gasteiger partial charge in [-0.3, -0.25) is 4.79 Å². The summed E-state index contributed by atoms with van der Waals surface area (Å²) in [5.74, 6) is 0.999. The molecule has 4 heterocycles. The predicted octanol–water partition coefficient (Wildman–Crippen LogP) is 5.29. The van der Waals surface area contributed by atoms with E-state index in [9.17, 15) is 9.90 Å². The SMILES string of the molecule is Cc1ccc2oc(N3CCN(C(=O)c4ccc(-c5noc(CC(C)(C)C)n5)c(-c5ccc(CO)cc5)c4)CC3)nc2n1. The van der Waals surface area contributed by atoms with E-state index in [0.29, 0.717) is 67.1 Å². The van der Waals surface area contributed by atoms with Crippen molar-refractivity contribution in [3.8, 4) is 22.5 Å². The number of pyridine rings is 1. The van der Waals surface area contributed by atoms with Crippen molar-refractivity contribution in [1.29, 1.82) is 0 Å². The summed E-state index contributed by atoms with van der Waals surface area (Å²) in [6.07, 6.45) is 0.656. The summed E-state index contributed by atoms with van der Waals surface area (Å²) in [5.41, 5.74) is 6.01. The van der Waals surface area contributed by atoms with Gasteiger partial charge in [0.2, 0.25) is 17.4 Å². The Labute approximate surface area is 244 Å². The molecule has 5 aromatic rings. The van der Waals surface area contributed by atoms with E-state index in [-0.39, 0.29) is 17.9 Å². The lowest BCUT2D eigenvalue weighted by Crippen LogP contribution is -2.48. The molecule has 3 aromatic heterocycles. The molecule has 1 saturated heterocycles. The number of hydrogen-bond acceptors (Lipinski definition) is 9. The quantitative estimate of drug-likeness (QED) is 0.292. The number of aryl methyl sites for hydroxylation is 1. The number of carbonyl (C=O) groups excluding carboxylic acids is 1. The first-order valence-corrected chi connectivity index (χ1v) is 14.1. The highest BCUT2D eigenvalue weighted by Gasteiger charge is 2.26. The Balaban J connectivity index is 1.25. The second-order valence-electron chi connectivity index (χ2n) is 11.9. The fourth-order valence-corrected chi connectivity index (χ4v) is 5.11. The van der Waals surface area contributed by atoms with Crippen molar-refractivity contribution in [3.05, 3.63) is 77.3 Å². The number of aliphatic hydroxyl groups excluding tert-OH is 1. The van der Waals surface area contributed by atoms with Gasteiger partial charge < -0.3 is 23.8 Å². The maximum absolute atomic E-state index is 13.7. The molecule has 216 valence electrons. The van der Waals surface area contributed by atoms with Crippen molar-refractivity contribution < 1.29 is 18.8 Å². The summed E-state index contributed by atoms with van der Waals surface area (Å²) in [6.45, 7) is 10.5. The molecule has 42 heavy (non-hydrogen) atoms. The molecular weight excluding hydrogens is 532 g/mol. The van der Waals surface area contributed by atoms with E-state index < -0.39 is 0 Å². The number of fused-ring (bicyclic) bond motifs is 1. The van der Waals surface area contributed by atoms with Crippen LogP contribution in [0, 0.1) is 12.3 Å². The van der Waals surface area contributed by atoms with Crippen LogP contribution in [0.25, 0.3) is 33.7 Å². The zero-order chi connectivity index (χ0) is 29.4. The fraction of sp³-hybridized carbons (Fsp3) is 0.344. The van der Waals surface area contributed by atoms with Crippen LogP contribution >= 0.6 is 0 Å². The molecule has 0 saturated carbocycles. The Morgan fingerprint density at radius 3 is 2.40 bits per heavy atom. The number of anilines is 1. The van der Waals surface area contributed by atoms with Crippen molar-refractivity contribution in [2.75, 3.05) is 31.1 Å². The minimum atomic E-state index is -0.0502. The van der Waals surface area contributed by atoms with Crippen LogP contribution in [-0.2, 0) is 13.0 Å². The maximum atomic E-state index is 13.7. The van der Waals surface area contributed by atoms with Crippen molar-refractivity contribution in [2.24, 2.45) is 5.41 Å². The molecule has 10 nitrogen and oxygen atoms in total. The van der Waals surface area contributed by atoms with Crippen molar-refractivity contribution in [3.63, 3.8) is 0 Å². The second-order valence-corrected chi connectivity index (χ2v) is 11.9. The largest absolute Gasteiger partial charge is 0.422 e. The topological polar surface area (TPSA) is 122 Å². The van der Waals surface area contributed by atoms with Gasteiger partial charge in [0, 0.05) is 49.4 Å². The molecule has 0 aliphatic carbocycles. The van der Waals surface area contributed by atoms with Crippen molar-refractivity contribution in [1.82, 2.24) is 25.0 Å². The standard InChI is InChI=1S/C32H34N6O4/c1-20-5-12-26-29(33-20)35-31(41-26)38-15-13-37(14-16-38)30(40)23-10-11-24(28-34-27(42-36-28)18-32(2,3)4)25(17-23)22-8-6-21(19-39)7-9-22/h5-12,17,39H,13-16,18-19H2,1-4H3. The smallest absolute Gasteiger partial charge is 0.300 e. The van der Waals surface area contributed by atoms with Gasteiger partial charge in [0.05, 0.1) is 6.61 Å². The summed E-state index contributed by atoms with van der Waals surface area (Å²) >= 11 is 0. The van der Waals surface area contributed by atoms with Gasteiger partial charge in [-0.25, -0.2) is 4.98 Å². The van der Waals surface area contributed by atoms with Crippen molar-refractivity contribution in [2.45, 2.75) is 40.7 Å². The molecule has 0 unspecified atom stereocenters. The number of aliphatic hydroxyl groups is 1. The van der Waals surface area contributed by atoms with Crippen molar-refractivity contribution >= 4 is 23.2 Å². The van der Waals surface area contributed by atoms with Crippen LogP contribution in [-0.4, -0.2) is 62.2 Å². The predicted molar refractivity (Wildman–Crippen MR) is 159 cm³/mol. The lowest BCUT2D eigenvalue weighted by atomic mass is 9.92. The molecule has 2 aromatic carbocycles. The summed E-state index contributed by atoms with van der Waals surface area (Å²) in [4.78, 5) is 31.2. The van der Waals surface area contributed by atoms with Crippen LogP contribution in [0.1, 0.15) is 48.3 Å². The van der Waals surface area contributed by atoms with Crippen LogP contribution in [0.4, 0.5) is 6.01 Å². The third-order valence-corrected chi connectivity index (χ3v) is 7.32. The van der Waals surface area contributed by atoms with E-state index in [1.807, 2.05) is 71.3 Å². The molecule has 1 N–H and O–H groups in total. The van der Waals surface area contributed by atoms with Gasteiger partial charge in [0.25, 0.3) is 11.9 Å².